The van der Waals surface area contributed by atoms with Crippen molar-refractivity contribution in [3.8, 4) is 5.75 Å². The Morgan fingerprint density at radius 3 is 2.62 bits per heavy atom. The van der Waals surface area contributed by atoms with Crippen LogP contribution in [0.25, 0.3) is 0 Å². The number of hydrogen-bond acceptors (Lipinski definition) is 2. The predicted molar refractivity (Wildman–Crippen MR) is 63.0 cm³/mol. The lowest BCUT2D eigenvalue weighted by atomic mass is 10.1. The summed E-state index contributed by atoms with van der Waals surface area (Å²) in [4.78, 5) is 0. The molecule has 2 N–H and O–H groups in total. The van der Waals surface area contributed by atoms with Crippen molar-refractivity contribution in [2.75, 3.05) is 7.05 Å². The number of phenols is 1. The summed E-state index contributed by atoms with van der Waals surface area (Å²) in [5.41, 5.74) is 2.07. The number of aryl methyl sites for hydroxylation is 1. The minimum Gasteiger partial charge on any atom is -0.508 e. The van der Waals surface area contributed by atoms with Crippen molar-refractivity contribution < 1.29 is 5.11 Å². The van der Waals surface area contributed by atoms with E-state index in [1.54, 1.807) is 0 Å². The molecule has 0 unspecified atom stereocenters. The third-order valence-electron chi connectivity index (χ3n) is 2.21. The Hall–Kier alpha value is -0.290. The summed E-state index contributed by atoms with van der Waals surface area (Å²) in [6, 6.07) is 4.02. The quantitative estimate of drug-likeness (QED) is 0.821. The summed E-state index contributed by atoms with van der Waals surface area (Å²) in [5.74, 6) is 0.375. The molecule has 72 valence electrons. The van der Waals surface area contributed by atoms with Crippen LogP contribution in [0.15, 0.2) is 12.1 Å². The van der Waals surface area contributed by atoms with E-state index in [-0.39, 0.29) is 6.04 Å². The van der Waals surface area contributed by atoms with Crippen molar-refractivity contribution in [1.29, 1.82) is 0 Å². The Balaban J connectivity index is 3.15. The SMILES string of the molecule is CN[C@H](C)c1cc(I)c(C)cc1O. The fourth-order valence-electron chi connectivity index (χ4n) is 1.18. The Kier molecular flexibility index (Phi) is 3.55. The first-order valence-electron chi connectivity index (χ1n) is 4.22. The second kappa shape index (κ2) is 4.28. The maximum Gasteiger partial charge on any atom is 0.120 e. The average Bonchev–Trinajstić information content (AvgIpc) is 2.10. The number of phenolic OH excluding ortho intramolecular Hbond substituents is 1. The van der Waals surface area contributed by atoms with Crippen LogP contribution in [-0.4, -0.2) is 12.2 Å². The highest BCUT2D eigenvalue weighted by atomic mass is 127. The monoisotopic (exact) mass is 291 g/mol. The van der Waals surface area contributed by atoms with Gasteiger partial charge in [0.15, 0.2) is 0 Å². The van der Waals surface area contributed by atoms with Gasteiger partial charge in [-0.15, -0.1) is 0 Å². The lowest BCUT2D eigenvalue weighted by molar-refractivity contribution is 0.457. The molecule has 0 aliphatic heterocycles. The van der Waals surface area contributed by atoms with Crippen molar-refractivity contribution >= 4 is 22.6 Å². The number of benzene rings is 1. The molecular weight excluding hydrogens is 277 g/mol. The van der Waals surface area contributed by atoms with E-state index in [4.69, 9.17) is 0 Å². The highest BCUT2D eigenvalue weighted by Crippen LogP contribution is 2.27. The molecule has 1 rings (SSSR count). The summed E-state index contributed by atoms with van der Waals surface area (Å²) < 4.78 is 1.19. The maximum atomic E-state index is 9.67. The molecule has 0 aliphatic carbocycles. The molecule has 1 aromatic rings. The zero-order valence-corrected chi connectivity index (χ0v) is 10.2. The van der Waals surface area contributed by atoms with E-state index in [2.05, 4.69) is 27.9 Å². The maximum absolute atomic E-state index is 9.67. The van der Waals surface area contributed by atoms with Crippen LogP contribution in [0.3, 0.4) is 0 Å². The molecular formula is C10H14INO. The molecule has 1 aromatic carbocycles. The summed E-state index contributed by atoms with van der Waals surface area (Å²) in [6.45, 7) is 4.02. The molecule has 0 saturated heterocycles. The Bertz CT molecular complexity index is 312. The van der Waals surface area contributed by atoms with Gasteiger partial charge in [-0.05, 0) is 61.2 Å². The molecule has 0 fully saturated rings. The van der Waals surface area contributed by atoms with Crippen LogP contribution >= 0.6 is 22.6 Å². The standard InChI is InChI=1S/C10H14INO/c1-6-4-10(13)8(5-9(6)11)7(2)12-3/h4-5,7,12-13H,1-3H3/t7-/m1/s1. The molecule has 13 heavy (non-hydrogen) atoms. The Morgan fingerprint density at radius 2 is 2.08 bits per heavy atom. The lowest BCUT2D eigenvalue weighted by Crippen LogP contribution is -2.12. The average molecular weight is 291 g/mol. The molecule has 0 bridgehead atoms. The van der Waals surface area contributed by atoms with Gasteiger partial charge < -0.3 is 10.4 Å². The second-order valence-corrected chi connectivity index (χ2v) is 4.33. The van der Waals surface area contributed by atoms with Gasteiger partial charge in [0.25, 0.3) is 0 Å². The van der Waals surface area contributed by atoms with Crippen molar-refractivity contribution in [3.05, 3.63) is 26.8 Å². The summed E-state index contributed by atoms with van der Waals surface area (Å²) in [7, 11) is 1.89. The van der Waals surface area contributed by atoms with E-state index in [0.29, 0.717) is 5.75 Å². The first-order chi connectivity index (χ1) is 6.06. The molecule has 0 saturated carbocycles. The number of halogens is 1. The molecule has 3 heteroatoms. The largest absolute Gasteiger partial charge is 0.508 e. The number of hydrogen-bond donors (Lipinski definition) is 2. The highest BCUT2D eigenvalue weighted by Gasteiger charge is 2.09. The summed E-state index contributed by atoms with van der Waals surface area (Å²) >= 11 is 2.28. The van der Waals surface area contributed by atoms with Gasteiger partial charge in [-0.1, -0.05) is 0 Å². The molecule has 2 nitrogen and oxygen atoms in total. The molecule has 0 heterocycles. The van der Waals surface area contributed by atoms with E-state index in [9.17, 15) is 5.11 Å². The smallest absolute Gasteiger partial charge is 0.120 e. The van der Waals surface area contributed by atoms with Gasteiger partial charge in [-0.2, -0.15) is 0 Å². The fourth-order valence-corrected chi connectivity index (χ4v) is 1.68. The molecule has 0 aliphatic rings. The fraction of sp³-hybridized carbons (Fsp3) is 0.400. The highest BCUT2D eigenvalue weighted by molar-refractivity contribution is 14.1. The summed E-state index contributed by atoms with van der Waals surface area (Å²) in [6.07, 6.45) is 0. The minimum absolute atomic E-state index is 0.189. The van der Waals surface area contributed by atoms with Crippen LogP contribution in [-0.2, 0) is 0 Å². The normalized spacial score (nSPS) is 12.9. The zero-order valence-electron chi connectivity index (χ0n) is 8.06. The van der Waals surface area contributed by atoms with E-state index in [0.717, 1.165) is 11.1 Å². The van der Waals surface area contributed by atoms with Gasteiger partial charge in [0.05, 0.1) is 0 Å². The molecule has 0 amide bonds. The zero-order chi connectivity index (χ0) is 10.0. The number of aromatic hydroxyl groups is 1. The van der Waals surface area contributed by atoms with E-state index in [1.807, 2.05) is 33.0 Å². The van der Waals surface area contributed by atoms with E-state index < -0.39 is 0 Å². The van der Waals surface area contributed by atoms with Gasteiger partial charge in [0.2, 0.25) is 0 Å². The third kappa shape index (κ3) is 2.34. The second-order valence-electron chi connectivity index (χ2n) is 3.17. The van der Waals surface area contributed by atoms with Crippen LogP contribution in [0.1, 0.15) is 24.1 Å². The molecule has 0 spiro atoms. The minimum atomic E-state index is 0.189. The van der Waals surface area contributed by atoms with Gasteiger partial charge in [0, 0.05) is 15.2 Å². The Morgan fingerprint density at radius 1 is 1.46 bits per heavy atom. The van der Waals surface area contributed by atoms with Crippen molar-refractivity contribution in [2.24, 2.45) is 0 Å². The van der Waals surface area contributed by atoms with Crippen LogP contribution in [0, 0.1) is 10.5 Å². The van der Waals surface area contributed by atoms with Crippen molar-refractivity contribution in [3.63, 3.8) is 0 Å². The first-order valence-corrected chi connectivity index (χ1v) is 5.30. The van der Waals surface area contributed by atoms with E-state index >= 15 is 0 Å². The molecule has 0 radical (unpaired) electrons. The van der Waals surface area contributed by atoms with Crippen LogP contribution in [0.2, 0.25) is 0 Å². The van der Waals surface area contributed by atoms with E-state index in [1.165, 1.54) is 3.57 Å². The van der Waals surface area contributed by atoms with Crippen molar-refractivity contribution in [2.45, 2.75) is 19.9 Å². The first kappa shape index (κ1) is 10.8. The topological polar surface area (TPSA) is 32.3 Å². The van der Waals surface area contributed by atoms with Gasteiger partial charge in [-0.3, -0.25) is 0 Å². The van der Waals surface area contributed by atoms with Crippen LogP contribution < -0.4 is 5.32 Å². The predicted octanol–water partition coefficient (Wildman–Crippen LogP) is 2.59. The van der Waals surface area contributed by atoms with Gasteiger partial charge >= 0.3 is 0 Å². The van der Waals surface area contributed by atoms with Crippen LogP contribution in [0.4, 0.5) is 0 Å². The summed E-state index contributed by atoms with van der Waals surface area (Å²) in [5, 5.41) is 12.8. The van der Waals surface area contributed by atoms with Crippen LogP contribution in [0.5, 0.6) is 5.75 Å². The number of nitrogens with one attached hydrogen (secondary N) is 1. The van der Waals surface area contributed by atoms with Gasteiger partial charge in [0.1, 0.15) is 5.75 Å². The third-order valence-corrected chi connectivity index (χ3v) is 3.37. The van der Waals surface area contributed by atoms with Crippen molar-refractivity contribution in [1.82, 2.24) is 5.32 Å². The van der Waals surface area contributed by atoms with Gasteiger partial charge in [-0.25, -0.2) is 0 Å². The lowest BCUT2D eigenvalue weighted by Gasteiger charge is -2.13. The molecule has 0 aromatic heterocycles. The Labute approximate surface area is 92.5 Å². The molecule has 1 atom stereocenters. The number of rotatable bonds is 2.